The maximum Gasteiger partial charge on any atom is 0.257 e. The molecule has 2 aliphatic heterocycles. The number of likely N-dealkylation sites (N-methyl/N-ethyl adjacent to an activating group) is 1. The van der Waals surface area contributed by atoms with Crippen LogP contribution in [0.15, 0.2) is 18.2 Å². The van der Waals surface area contributed by atoms with E-state index >= 15 is 0 Å². The highest BCUT2D eigenvalue weighted by Crippen LogP contribution is 2.27. The van der Waals surface area contributed by atoms with Gasteiger partial charge in [0.1, 0.15) is 11.9 Å². The van der Waals surface area contributed by atoms with E-state index in [1.165, 1.54) is 4.90 Å². The first-order valence-corrected chi connectivity index (χ1v) is 10.7. The average molecular weight is 430 g/mol. The molecule has 31 heavy (non-hydrogen) atoms. The average Bonchev–Trinajstić information content (AvgIpc) is 2.77. The summed E-state index contributed by atoms with van der Waals surface area (Å²) in [5.41, 5.74) is 0.709. The van der Waals surface area contributed by atoms with E-state index in [1.807, 2.05) is 6.92 Å². The maximum atomic E-state index is 13.1. The van der Waals surface area contributed by atoms with Crippen LogP contribution in [0, 0.1) is 17.2 Å². The highest BCUT2D eigenvalue weighted by atomic mass is 16.5. The van der Waals surface area contributed by atoms with Gasteiger partial charge in [-0.2, -0.15) is 5.26 Å². The minimum atomic E-state index is -0.395. The summed E-state index contributed by atoms with van der Waals surface area (Å²) < 4.78 is 17.8. The molecule has 8 nitrogen and oxygen atoms in total. The number of rotatable bonds is 1. The largest absolute Gasteiger partial charge is 0.493 e. The first-order chi connectivity index (χ1) is 14.8. The van der Waals surface area contributed by atoms with Gasteiger partial charge in [-0.15, -0.1) is 0 Å². The van der Waals surface area contributed by atoms with Crippen molar-refractivity contribution in [3.63, 3.8) is 0 Å². The Hall–Kier alpha value is -2.63. The van der Waals surface area contributed by atoms with Crippen molar-refractivity contribution in [2.45, 2.75) is 44.5 Å². The lowest BCUT2D eigenvalue weighted by atomic mass is 9.98. The number of methoxy groups -OCH3 is 1. The summed E-state index contributed by atoms with van der Waals surface area (Å²) in [4.78, 5) is 29.2. The molecule has 2 aliphatic rings. The van der Waals surface area contributed by atoms with Crippen LogP contribution in [0.3, 0.4) is 0 Å². The van der Waals surface area contributed by atoms with Crippen molar-refractivity contribution in [2.24, 2.45) is 5.92 Å². The summed E-state index contributed by atoms with van der Waals surface area (Å²) in [5, 5.41) is 9.25. The van der Waals surface area contributed by atoms with Crippen LogP contribution in [0.4, 0.5) is 0 Å². The van der Waals surface area contributed by atoms with E-state index in [0.29, 0.717) is 36.4 Å². The fourth-order valence-electron chi connectivity index (χ4n) is 4.29. The lowest BCUT2D eigenvalue weighted by molar-refractivity contribution is -0.152. The van der Waals surface area contributed by atoms with Crippen molar-refractivity contribution in [1.29, 1.82) is 5.26 Å². The topological polar surface area (TPSA) is 92.1 Å². The second-order valence-corrected chi connectivity index (χ2v) is 8.41. The van der Waals surface area contributed by atoms with E-state index in [4.69, 9.17) is 14.2 Å². The lowest BCUT2D eigenvalue weighted by Crippen LogP contribution is -2.49. The van der Waals surface area contributed by atoms with Gasteiger partial charge in [0, 0.05) is 40.7 Å². The molecule has 168 valence electrons. The number of nitrogens with zero attached hydrogens (tertiary/aromatic N) is 3. The molecule has 0 radical (unpaired) electrons. The third kappa shape index (κ3) is 5.35. The van der Waals surface area contributed by atoms with Crippen molar-refractivity contribution in [3.8, 4) is 11.8 Å². The molecule has 1 aromatic rings. The van der Waals surface area contributed by atoms with E-state index in [-0.39, 0.29) is 36.7 Å². The van der Waals surface area contributed by atoms with Crippen molar-refractivity contribution < 1.29 is 23.8 Å². The van der Waals surface area contributed by atoms with Gasteiger partial charge < -0.3 is 24.0 Å². The Labute approximate surface area is 183 Å². The van der Waals surface area contributed by atoms with Crippen LogP contribution in [0.25, 0.3) is 0 Å². The summed E-state index contributed by atoms with van der Waals surface area (Å²) in [6, 6.07) is 6.90. The summed E-state index contributed by atoms with van der Waals surface area (Å²) >= 11 is 0. The minimum absolute atomic E-state index is 0.0114. The smallest absolute Gasteiger partial charge is 0.257 e. The number of hydrogen-bond acceptors (Lipinski definition) is 6. The van der Waals surface area contributed by atoms with Crippen LogP contribution < -0.4 is 4.74 Å². The van der Waals surface area contributed by atoms with Gasteiger partial charge in [-0.05, 0) is 31.0 Å². The van der Waals surface area contributed by atoms with E-state index in [9.17, 15) is 14.9 Å². The van der Waals surface area contributed by atoms with Crippen molar-refractivity contribution in [3.05, 3.63) is 29.3 Å². The van der Waals surface area contributed by atoms with Crippen LogP contribution >= 0.6 is 0 Å². The molecule has 0 spiro atoms. The number of nitriles is 1. The molecule has 2 heterocycles. The number of hydrogen-bond donors (Lipinski definition) is 0. The van der Waals surface area contributed by atoms with E-state index < -0.39 is 5.92 Å². The van der Waals surface area contributed by atoms with Crippen LogP contribution in [-0.2, 0) is 14.3 Å². The normalized spacial score (nSPS) is 28.1. The van der Waals surface area contributed by atoms with Gasteiger partial charge in [-0.25, -0.2) is 0 Å². The Morgan fingerprint density at radius 3 is 2.61 bits per heavy atom. The lowest BCUT2D eigenvalue weighted by Gasteiger charge is -2.38. The fraction of sp³-hybridized carbons (Fsp3) is 0.609. The molecule has 1 fully saturated rings. The van der Waals surface area contributed by atoms with E-state index in [1.54, 1.807) is 44.3 Å². The molecule has 0 saturated carbocycles. The summed E-state index contributed by atoms with van der Waals surface area (Å²) in [5.74, 6) is -0.298. The summed E-state index contributed by atoms with van der Waals surface area (Å²) in [6.07, 6.45) is 2.07. The SMILES string of the molecule is CO[C@H]1CC[C@H]2CCOc3ccc(C#N)cc3C(=O)N(C)C[C@H](C)C(=O)N(C)C[C@@H]1O2. The number of ether oxygens (including phenoxy) is 3. The fourth-order valence-corrected chi connectivity index (χ4v) is 4.29. The zero-order valence-corrected chi connectivity index (χ0v) is 18.7. The molecule has 8 heteroatoms. The van der Waals surface area contributed by atoms with Gasteiger partial charge >= 0.3 is 0 Å². The molecule has 0 aliphatic carbocycles. The Morgan fingerprint density at radius 1 is 1.13 bits per heavy atom. The zero-order chi connectivity index (χ0) is 22.5. The zero-order valence-electron chi connectivity index (χ0n) is 18.7. The molecule has 2 amide bonds. The van der Waals surface area contributed by atoms with Gasteiger partial charge in [0.2, 0.25) is 5.91 Å². The number of fused-ring (bicyclic) bond motifs is 3. The van der Waals surface area contributed by atoms with Crippen molar-refractivity contribution in [1.82, 2.24) is 9.80 Å². The summed E-state index contributed by atoms with van der Waals surface area (Å²) in [7, 11) is 5.09. The molecule has 3 rings (SSSR count). The van der Waals surface area contributed by atoms with Crippen LogP contribution in [-0.4, -0.2) is 80.8 Å². The van der Waals surface area contributed by atoms with Gasteiger partial charge in [-0.3, -0.25) is 9.59 Å². The third-order valence-corrected chi connectivity index (χ3v) is 6.04. The predicted octanol–water partition coefficient (Wildman–Crippen LogP) is 2.07. The standard InChI is InChI=1S/C23H31N3O5/c1-15-13-25(2)23(28)18-11-16(12-24)5-7-19(18)30-10-9-17-6-8-20(29-4)21(31-17)14-26(3)22(15)27/h5,7,11,15,17,20-21H,6,8-10,13-14H2,1-4H3/t15-,17-,20-,21-/m0/s1. The number of carbonyl (C=O) groups is 2. The van der Waals surface area contributed by atoms with Crippen LogP contribution in [0.2, 0.25) is 0 Å². The molecular formula is C23H31N3O5. The second kappa shape index (κ2) is 10.1. The Morgan fingerprint density at radius 2 is 1.90 bits per heavy atom. The van der Waals surface area contributed by atoms with E-state index in [2.05, 4.69) is 6.07 Å². The highest BCUT2D eigenvalue weighted by Gasteiger charge is 2.34. The molecule has 0 unspecified atom stereocenters. The van der Waals surface area contributed by atoms with E-state index in [0.717, 1.165) is 12.8 Å². The van der Waals surface area contributed by atoms with Crippen molar-refractivity contribution >= 4 is 11.8 Å². The molecule has 1 saturated heterocycles. The second-order valence-electron chi connectivity index (χ2n) is 8.41. The van der Waals surface area contributed by atoms with Crippen LogP contribution in [0.1, 0.15) is 42.1 Å². The number of amides is 2. The Bertz CT molecular complexity index is 852. The Balaban J connectivity index is 1.90. The molecule has 0 aromatic heterocycles. The quantitative estimate of drug-likeness (QED) is 0.679. The van der Waals surface area contributed by atoms with Crippen molar-refractivity contribution in [2.75, 3.05) is 40.9 Å². The third-order valence-electron chi connectivity index (χ3n) is 6.04. The first kappa shape index (κ1) is 23.0. The predicted molar refractivity (Wildman–Crippen MR) is 114 cm³/mol. The van der Waals surface area contributed by atoms with Gasteiger partial charge in [0.05, 0.1) is 41.9 Å². The van der Waals surface area contributed by atoms with Crippen LogP contribution in [0.5, 0.6) is 5.75 Å². The molecule has 1 aromatic carbocycles. The Kier molecular flexibility index (Phi) is 7.52. The summed E-state index contributed by atoms with van der Waals surface area (Å²) in [6.45, 7) is 2.88. The first-order valence-electron chi connectivity index (χ1n) is 10.7. The molecule has 2 bridgehead atoms. The van der Waals surface area contributed by atoms with Gasteiger partial charge in [-0.1, -0.05) is 6.92 Å². The highest BCUT2D eigenvalue weighted by molar-refractivity contribution is 5.97. The maximum absolute atomic E-state index is 13.1. The number of benzene rings is 1. The molecule has 4 atom stereocenters. The monoisotopic (exact) mass is 429 g/mol. The minimum Gasteiger partial charge on any atom is -0.493 e. The molecular weight excluding hydrogens is 398 g/mol. The van der Waals surface area contributed by atoms with Gasteiger partial charge in [0.25, 0.3) is 5.91 Å². The van der Waals surface area contributed by atoms with Gasteiger partial charge in [0.15, 0.2) is 0 Å². The molecule has 0 N–H and O–H groups in total. The number of carbonyl (C=O) groups excluding carboxylic acids is 2.